The van der Waals surface area contributed by atoms with Crippen LogP contribution in [0.2, 0.25) is 5.02 Å². The summed E-state index contributed by atoms with van der Waals surface area (Å²) < 4.78 is 7.00. The zero-order valence-corrected chi connectivity index (χ0v) is 33.5. The third-order valence-corrected chi connectivity index (χ3v) is 11.2. The summed E-state index contributed by atoms with van der Waals surface area (Å²) in [6.45, 7) is 6.28. The first-order valence-electron chi connectivity index (χ1n) is 15.8. The standard InChI is InChI=1S/C21H16BrNS.C14H9BrClN.C7H8OS/c1-13-6-9-15(10-7-13)24-21-16-11-8-14(2)12-19(16)23-18-5-3-4-17(22)20(18)21;1-8-5-6-9-12(7-8)17-11-4-2-3-10(15)13(11)14(9)16;1-8-6-2-4-7(9)5-3-6/h3-12H,1-2H3;2-7H,1H3;2-5,9H,1H3. The van der Waals surface area contributed by atoms with Crippen molar-refractivity contribution in [2.24, 2.45) is 0 Å². The van der Waals surface area contributed by atoms with E-state index in [4.69, 9.17) is 21.3 Å². The monoisotopic (exact) mass is 838 g/mol. The number of hydrogen-bond acceptors (Lipinski definition) is 5. The maximum absolute atomic E-state index is 6.46. The van der Waals surface area contributed by atoms with Gasteiger partial charge in [-0.3, -0.25) is 0 Å². The number of halogens is 3. The van der Waals surface area contributed by atoms with E-state index in [-0.39, 0.29) is 0 Å². The summed E-state index contributed by atoms with van der Waals surface area (Å²) in [6.07, 6.45) is 0. The fourth-order valence-corrected chi connectivity index (χ4v) is 8.41. The van der Waals surface area contributed by atoms with Crippen molar-refractivity contribution in [1.29, 1.82) is 0 Å². The molecule has 50 heavy (non-hydrogen) atoms. The number of pyridine rings is 2. The highest BCUT2D eigenvalue weighted by Gasteiger charge is 2.14. The Morgan fingerprint density at radius 2 is 1.12 bits per heavy atom. The van der Waals surface area contributed by atoms with Crippen LogP contribution in [0.15, 0.2) is 145 Å². The van der Waals surface area contributed by atoms with E-state index >= 15 is 0 Å². The van der Waals surface area contributed by atoms with E-state index in [0.717, 1.165) is 57.5 Å². The van der Waals surface area contributed by atoms with Crippen molar-refractivity contribution in [2.45, 2.75) is 35.5 Å². The Labute approximate surface area is 324 Å². The molecule has 3 nitrogen and oxygen atoms in total. The van der Waals surface area contributed by atoms with E-state index in [2.05, 4.69) is 137 Å². The van der Waals surface area contributed by atoms with Crippen LogP contribution < -0.4 is 4.74 Å². The number of nitrogens with zero attached hydrogens (tertiary/aromatic N) is 2. The van der Waals surface area contributed by atoms with E-state index < -0.39 is 0 Å². The Balaban J connectivity index is 0.000000144. The molecule has 0 saturated heterocycles. The average molecular weight is 841 g/mol. The molecular formula is C42H33Br2ClN2OS2. The van der Waals surface area contributed by atoms with Gasteiger partial charge in [0.25, 0.3) is 0 Å². The van der Waals surface area contributed by atoms with Crippen LogP contribution in [-0.4, -0.2) is 17.1 Å². The second-order valence-electron chi connectivity index (χ2n) is 11.8. The molecule has 0 amide bonds. The smallest absolute Gasteiger partial charge is 0.118 e. The Hall–Kier alpha value is -3.59. The lowest BCUT2D eigenvalue weighted by molar-refractivity contribution is 0.414. The summed E-state index contributed by atoms with van der Waals surface area (Å²) in [4.78, 5) is 13.0. The van der Waals surface area contributed by atoms with E-state index in [1.165, 1.54) is 37.3 Å². The van der Waals surface area contributed by atoms with Crippen molar-refractivity contribution in [3.63, 3.8) is 0 Å². The molecule has 8 rings (SSSR count). The molecule has 0 saturated carbocycles. The van der Waals surface area contributed by atoms with Gasteiger partial charge in [0.2, 0.25) is 0 Å². The number of thiol groups is 1. The van der Waals surface area contributed by atoms with E-state index in [0.29, 0.717) is 0 Å². The number of hydrogen-bond donors (Lipinski definition) is 1. The van der Waals surface area contributed by atoms with Crippen LogP contribution in [0.25, 0.3) is 43.6 Å². The zero-order chi connectivity index (χ0) is 35.4. The number of methoxy groups -OCH3 is 1. The third kappa shape index (κ3) is 8.30. The molecule has 0 bridgehead atoms. The van der Waals surface area contributed by atoms with Gasteiger partial charge in [0.1, 0.15) is 5.75 Å². The summed E-state index contributed by atoms with van der Waals surface area (Å²) in [5.41, 5.74) is 7.64. The minimum atomic E-state index is 0.762. The Kier molecular flexibility index (Phi) is 11.7. The van der Waals surface area contributed by atoms with Crippen molar-refractivity contribution in [2.75, 3.05) is 7.11 Å². The van der Waals surface area contributed by atoms with E-state index in [1.807, 2.05) is 54.6 Å². The highest BCUT2D eigenvalue weighted by Crippen LogP contribution is 2.41. The predicted molar refractivity (Wildman–Crippen MR) is 224 cm³/mol. The topological polar surface area (TPSA) is 35.0 Å². The van der Waals surface area contributed by atoms with Gasteiger partial charge in [-0.25, -0.2) is 9.97 Å². The quantitative estimate of drug-likeness (QED) is 0.142. The molecule has 0 unspecified atom stereocenters. The second kappa shape index (κ2) is 16.2. The second-order valence-corrected chi connectivity index (χ2v) is 15.5. The van der Waals surface area contributed by atoms with Gasteiger partial charge in [0.15, 0.2) is 0 Å². The first-order valence-corrected chi connectivity index (χ1v) is 19.0. The van der Waals surface area contributed by atoms with Gasteiger partial charge in [0, 0.05) is 45.2 Å². The van der Waals surface area contributed by atoms with Gasteiger partial charge in [0.05, 0.1) is 34.2 Å². The van der Waals surface area contributed by atoms with Gasteiger partial charge < -0.3 is 4.74 Å². The first-order chi connectivity index (χ1) is 24.1. The summed E-state index contributed by atoms with van der Waals surface area (Å²) in [5, 5.41) is 5.12. The van der Waals surface area contributed by atoms with Crippen LogP contribution in [-0.2, 0) is 0 Å². The van der Waals surface area contributed by atoms with Crippen LogP contribution in [0.1, 0.15) is 16.7 Å². The third-order valence-electron chi connectivity index (χ3n) is 8.01. The Morgan fingerprint density at radius 3 is 1.72 bits per heavy atom. The summed E-state index contributed by atoms with van der Waals surface area (Å²) in [5.74, 6) is 0.868. The van der Waals surface area contributed by atoms with Crippen LogP contribution >= 0.6 is 67.9 Å². The van der Waals surface area contributed by atoms with Gasteiger partial charge in [-0.2, -0.15) is 0 Å². The maximum atomic E-state index is 6.46. The minimum absolute atomic E-state index is 0.762. The molecule has 0 aliphatic rings. The normalized spacial score (nSPS) is 10.9. The molecule has 0 fully saturated rings. The van der Waals surface area contributed by atoms with Crippen LogP contribution in [0.3, 0.4) is 0 Å². The molecule has 0 atom stereocenters. The molecule has 0 spiro atoms. The minimum Gasteiger partial charge on any atom is -0.497 e. The average Bonchev–Trinajstić information content (AvgIpc) is 3.10. The molecule has 250 valence electrons. The van der Waals surface area contributed by atoms with Crippen molar-refractivity contribution in [1.82, 2.24) is 9.97 Å². The summed E-state index contributed by atoms with van der Waals surface area (Å²) in [6, 6.07) is 41.0. The fourth-order valence-electron chi connectivity index (χ4n) is 5.44. The Morgan fingerprint density at radius 1 is 0.600 bits per heavy atom. The number of fused-ring (bicyclic) bond motifs is 4. The number of benzene rings is 6. The van der Waals surface area contributed by atoms with Crippen molar-refractivity contribution in [3.8, 4) is 5.75 Å². The lowest BCUT2D eigenvalue weighted by Crippen LogP contribution is -1.89. The van der Waals surface area contributed by atoms with Crippen molar-refractivity contribution >= 4 is 111 Å². The van der Waals surface area contributed by atoms with Crippen molar-refractivity contribution < 1.29 is 4.74 Å². The van der Waals surface area contributed by atoms with Gasteiger partial charge in [-0.15, -0.1) is 12.6 Å². The maximum Gasteiger partial charge on any atom is 0.118 e. The van der Waals surface area contributed by atoms with Crippen LogP contribution in [0, 0.1) is 20.8 Å². The van der Waals surface area contributed by atoms with Crippen molar-refractivity contribution in [3.05, 3.63) is 152 Å². The molecule has 6 aromatic carbocycles. The van der Waals surface area contributed by atoms with Gasteiger partial charge in [-0.1, -0.05) is 109 Å². The fraction of sp³-hybridized carbons (Fsp3) is 0.0952. The van der Waals surface area contributed by atoms with Crippen LogP contribution in [0.4, 0.5) is 0 Å². The lowest BCUT2D eigenvalue weighted by atomic mass is 10.1. The number of aromatic nitrogens is 2. The molecular weight excluding hydrogens is 808 g/mol. The predicted octanol–water partition coefficient (Wildman–Crippen LogP) is 14.0. The van der Waals surface area contributed by atoms with Crippen LogP contribution in [0.5, 0.6) is 5.75 Å². The SMILES string of the molecule is COc1ccc(S)cc1.Cc1ccc(Sc2c3ccc(C)cc3nc3cccc(Br)c23)cc1.Cc1ccc2c(Cl)c3c(Br)cccc3nc2c1. The molecule has 8 heteroatoms. The molecule has 0 N–H and O–H groups in total. The molecule has 8 aromatic rings. The molecule has 0 radical (unpaired) electrons. The van der Waals surface area contributed by atoms with Gasteiger partial charge >= 0.3 is 0 Å². The van der Waals surface area contributed by atoms with E-state index in [9.17, 15) is 0 Å². The number of rotatable bonds is 3. The number of aryl methyl sites for hydroxylation is 3. The molecule has 0 aliphatic carbocycles. The highest BCUT2D eigenvalue weighted by molar-refractivity contribution is 9.11. The number of ether oxygens (including phenoxy) is 1. The lowest BCUT2D eigenvalue weighted by Gasteiger charge is -2.12. The highest BCUT2D eigenvalue weighted by atomic mass is 79.9. The summed E-state index contributed by atoms with van der Waals surface area (Å²) in [7, 11) is 1.65. The summed E-state index contributed by atoms with van der Waals surface area (Å²) >= 11 is 19.6. The molecule has 2 aromatic heterocycles. The Bertz CT molecular complexity index is 2470. The molecule has 0 aliphatic heterocycles. The first kappa shape index (κ1) is 36.2. The van der Waals surface area contributed by atoms with Gasteiger partial charge in [-0.05, 0) is 105 Å². The molecule has 2 heterocycles. The largest absolute Gasteiger partial charge is 0.497 e. The van der Waals surface area contributed by atoms with E-state index in [1.54, 1.807) is 18.9 Å². The zero-order valence-electron chi connectivity index (χ0n) is 27.8.